The van der Waals surface area contributed by atoms with Gasteiger partial charge in [-0.25, -0.2) is 0 Å². The SMILES string of the molecule is Oc1ccc(N2CCN(C(=S)N/N=C3/CCNc4cccnc43)CC2)cc1. The van der Waals surface area contributed by atoms with Crippen molar-refractivity contribution in [2.45, 2.75) is 6.42 Å². The molecule has 3 N–H and O–H groups in total. The Kier molecular flexibility index (Phi) is 5.06. The molecule has 0 amide bonds. The number of anilines is 2. The molecule has 0 radical (unpaired) electrons. The third kappa shape index (κ3) is 3.95. The van der Waals surface area contributed by atoms with Crippen molar-refractivity contribution in [2.24, 2.45) is 5.10 Å². The number of pyridine rings is 1. The fraction of sp³-hybridized carbons (Fsp3) is 0.316. The molecule has 1 aromatic heterocycles. The molecule has 0 atom stereocenters. The van der Waals surface area contributed by atoms with E-state index in [-0.39, 0.29) is 5.75 Å². The van der Waals surface area contributed by atoms with E-state index in [1.165, 1.54) is 0 Å². The van der Waals surface area contributed by atoms with E-state index in [1.807, 2.05) is 24.3 Å². The van der Waals surface area contributed by atoms with Crippen LogP contribution in [0.5, 0.6) is 5.75 Å². The van der Waals surface area contributed by atoms with E-state index in [0.29, 0.717) is 5.11 Å². The Labute approximate surface area is 163 Å². The number of phenolic OH excluding ortho intramolecular Hbond substituents is 1. The van der Waals surface area contributed by atoms with Crippen LogP contribution in [0.2, 0.25) is 0 Å². The van der Waals surface area contributed by atoms with E-state index >= 15 is 0 Å². The first-order chi connectivity index (χ1) is 13.2. The molecule has 27 heavy (non-hydrogen) atoms. The lowest BCUT2D eigenvalue weighted by Crippen LogP contribution is -2.51. The van der Waals surface area contributed by atoms with Crippen molar-refractivity contribution in [3.63, 3.8) is 0 Å². The number of hydrogen-bond donors (Lipinski definition) is 3. The fourth-order valence-electron chi connectivity index (χ4n) is 3.34. The second kappa shape index (κ2) is 7.79. The molecule has 2 aliphatic heterocycles. The molecule has 2 aliphatic rings. The zero-order valence-electron chi connectivity index (χ0n) is 14.9. The van der Waals surface area contributed by atoms with Crippen LogP contribution in [0, 0.1) is 0 Å². The quantitative estimate of drug-likeness (QED) is 0.542. The molecule has 0 saturated carbocycles. The Morgan fingerprint density at radius 2 is 1.93 bits per heavy atom. The number of aromatic nitrogens is 1. The van der Waals surface area contributed by atoms with Gasteiger partial charge in [0.05, 0.1) is 11.4 Å². The van der Waals surface area contributed by atoms with Crippen LogP contribution in [-0.2, 0) is 0 Å². The first-order valence-electron chi connectivity index (χ1n) is 9.05. The standard InChI is InChI=1S/C19H22N6OS/c26-15-5-3-14(4-6-15)24-10-12-25(13-11-24)19(27)23-22-17-7-9-20-16-2-1-8-21-18(16)17/h1-6,8,20,26H,7,9-13H2,(H,23,27)/b22-17-. The minimum absolute atomic E-state index is 0.288. The van der Waals surface area contributed by atoms with Crippen LogP contribution in [0.4, 0.5) is 11.4 Å². The molecule has 4 rings (SSSR count). The van der Waals surface area contributed by atoms with E-state index in [2.05, 4.69) is 30.6 Å². The number of aromatic hydroxyl groups is 1. The number of piperazine rings is 1. The number of benzene rings is 1. The van der Waals surface area contributed by atoms with E-state index < -0.39 is 0 Å². The first kappa shape index (κ1) is 17.5. The summed E-state index contributed by atoms with van der Waals surface area (Å²) in [5.74, 6) is 0.288. The lowest BCUT2D eigenvalue weighted by atomic mass is 10.1. The van der Waals surface area contributed by atoms with Gasteiger partial charge in [0, 0.05) is 51.0 Å². The zero-order chi connectivity index (χ0) is 18.6. The Hall–Kier alpha value is -2.87. The highest BCUT2D eigenvalue weighted by atomic mass is 32.1. The molecule has 0 spiro atoms. The molecule has 1 saturated heterocycles. The fourth-order valence-corrected chi connectivity index (χ4v) is 3.57. The minimum Gasteiger partial charge on any atom is -0.508 e. The molecule has 7 nitrogen and oxygen atoms in total. The Morgan fingerprint density at radius 3 is 2.70 bits per heavy atom. The van der Waals surface area contributed by atoms with Gasteiger partial charge in [0.2, 0.25) is 0 Å². The summed E-state index contributed by atoms with van der Waals surface area (Å²) in [6.45, 7) is 4.24. The summed E-state index contributed by atoms with van der Waals surface area (Å²) in [4.78, 5) is 8.85. The number of hydrogen-bond acceptors (Lipinski definition) is 6. The maximum absolute atomic E-state index is 9.42. The van der Waals surface area contributed by atoms with Gasteiger partial charge in [-0.2, -0.15) is 5.10 Å². The number of phenols is 1. The van der Waals surface area contributed by atoms with Gasteiger partial charge < -0.3 is 20.2 Å². The van der Waals surface area contributed by atoms with Crippen LogP contribution in [0.3, 0.4) is 0 Å². The summed E-state index contributed by atoms with van der Waals surface area (Å²) in [5.41, 5.74) is 6.99. The number of nitrogens with one attached hydrogen (secondary N) is 2. The average Bonchev–Trinajstić information content (AvgIpc) is 2.72. The molecular formula is C19H22N6OS. The molecule has 140 valence electrons. The molecule has 0 bridgehead atoms. The van der Waals surface area contributed by atoms with Crippen molar-refractivity contribution < 1.29 is 5.11 Å². The second-order valence-corrected chi connectivity index (χ2v) is 6.93. The van der Waals surface area contributed by atoms with Crippen LogP contribution in [-0.4, -0.2) is 58.5 Å². The van der Waals surface area contributed by atoms with Gasteiger partial charge in [0.25, 0.3) is 0 Å². The molecule has 1 fully saturated rings. The van der Waals surface area contributed by atoms with Gasteiger partial charge in [0.15, 0.2) is 5.11 Å². The number of hydrazone groups is 1. The Balaban J connectivity index is 1.34. The molecule has 8 heteroatoms. The highest BCUT2D eigenvalue weighted by molar-refractivity contribution is 7.80. The summed E-state index contributed by atoms with van der Waals surface area (Å²) in [6.07, 6.45) is 2.59. The summed E-state index contributed by atoms with van der Waals surface area (Å²) in [6, 6.07) is 11.2. The molecule has 2 aromatic rings. The average molecular weight is 382 g/mol. The van der Waals surface area contributed by atoms with Crippen molar-refractivity contribution in [2.75, 3.05) is 42.9 Å². The van der Waals surface area contributed by atoms with Crippen molar-refractivity contribution in [1.29, 1.82) is 0 Å². The van der Waals surface area contributed by atoms with Gasteiger partial charge >= 0.3 is 0 Å². The maximum Gasteiger partial charge on any atom is 0.189 e. The normalized spacial score (nSPS) is 18.0. The Bertz CT molecular complexity index is 846. The zero-order valence-corrected chi connectivity index (χ0v) is 15.7. The molecule has 0 aliphatic carbocycles. The summed E-state index contributed by atoms with van der Waals surface area (Å²) >= 11 is 5.53. The minimum atomic E-state index is 0.288. The summed E-state index contributed by atoms with van der Waals surface area (Å²) < 4.78 is 0. The number of rotatable bonds is 2. The summed E-state index contributed by atoms with van der Waals surface area (Å²) in [7, 11) is 0. The second-order valence-electron chi connectivity index (χ2n) is 6.54. The molecule has 0 unspecified atom stereocenters. The lowest BCUT2D eigenvalue weighted by molar-refractivity contribution is 0.381. The van der Waals surface area contributed by atoms with E-state index in [9.17, 15) is 5.11 Å². The number of fused-ring (bicyclic) bond motifs is 1. The number of nitrogens with zero attached hydrogens (tertiary/aromatic N) is 4. The summed E-state index contributed by atoms with van der Waals surface area (Å²) in [5, 5.41) is 17.9. The van der Waals surface area contributed by atoms with E-state index in [1.54, 1.807) is 18.3 Å². The van der Waals surface area contributed by atoms with Crippen LogP contribution < -0.4 is 15.6 Å². The molecule has 1 aromatic carbocycles. The van der Waals surface area contributed by atoms with Gasteiger partial charge in [0.1, 0.15) is 11.4 Å². The largest absolute Gasteiger partial charge is 0.508 e. The van der Waals surface area contributed by atoms with Crippen LogP contribution in [0.15, 0.2) is 47.7 Å². The van der Waals surface area contributed by atoms with Crippen LogP contribution in [0.25, 0.3) is 0 Å². The smallest absolute Gasteiger partial charge is 0.189 e. The van der Waals surface area contributed by atoms with Crippen LogP contribution >= 0.6 is 12.2 Å². The van der Waals surface area contributed by atoms with Gasteiger partial charge in [-0.15, -0.1) is 0 Å². The van der Waals surface area contributed by atoms with Crippen molar-refractivity contribution in [3.05, 3.63) is 48.3 Å². The first-order valence-corrected chi connectivity index (χ1v) is 9.46. The predicted octanol–water partition coefficient (Wildman–Crippen LogP) is 2.00. The van der Waals surface area contributed by atoms with Gasteiger partial charge in [-0.05, 0) is 48.6 Å². The number of thiocarbonyl (C=S) groups is 1. The third-order valence-corrected chi connectivity index (χ3v) is 5.18. The molecular weight excluding hydrogens is 360 g/mol. The van der Waals surface area contributed by atoms with E-state index in [0.717, 1.165) is 61.9 Å². The maximum atomic E-state index is 9.42. The predicted molar refractivity (Wildman–Crippen MR) is 112 cm³/mol. The van der Waals surface area contributed by atoms with E-state index in [4.69, 9.17) is 12.2 Å². The lowest BCUT2D eigenvalue weighted by Gasteiger charge is -2.37. The van der Waals surface area contributed by atoms with Gasteiger partial charge in [-0.3, -0.25) is 10.4 Å². The topological polar surface area (TPSA) is 76.0 Å². The Morgan fingerprint density at radius 1 is 1.15 bits per heavy atom. The third-order valence-electron chi connectivity index (χ3n) is 4.83. The van der Waals surface area contributed by atoms with Crippen molar-refractivity contribution >= 4 is 34.4 Å². The van der Waals surface area contributed by atoms with Crippen LogP contribution in [0.1, 0.15) is 12.1 Å². The van der Waals surface area contributed by atoms with Crippen molar-refractivity contribution in [3.8, 4) is 5.75 Å². The molecule has 3 heterocycles. The monoisotopic (exact) mass is 382 g/mol. The van der Waals surface area contributed by atoms with Gasteiger partial charge in [-0.1, -0.05) is 0 Å². The highest BCUT2D eigenvalue weighted by Crippen LogP contribution is 2.20. The highest BCUT2D eigenvalue weighted by Gasteiger charge is 2.20. The van der Waals surface area contributed by atoms with Crippen molar-refractivity contribution in [1.82, 2.24) is 15.3 Å².